The minimum Gasteiger partial charge on any atom is -0.508 e. The molecule has 1 aromatic carbocycles. The summed E-state index contributed by atoms with van der Waals surface area (Å²) in [6, 6.07) is 7.01. The van der Waals surface area contributed by atoms with Crippen LogP contribution in [0.25, 0.3) is 0 Å². The van der Waals surface area contributed by atoms with Crippen molar-refractivity contribution < 1.29 is 9.90 Å². The van der Waals surface area contributed by atoms with Crippen molar-refractivity contribution in [1.82, 2.24) is 10.2 Å². The third-order valence-electron chi connectivity index (χ3n) is 3.84. The SMILES string of the molecule is CN(C)[C@@H]1CCCC[C@H]1NC(=O)c1ccc(O)cc1. The molecular weight excluding hydrogens is 240 g/mol. The summed E-state index contributed by atoms with van der Waals surface area (Å²) in [6.45, 7) is 0. The first-order chi connectivity index (χ1) is 9.08. The third kappa shape index (κ3) is 3.47. The quantitative estimate of drug-likeness (QED) is 0.876. The molecule has 104 valence electrons. The van der Waals surface area contributed by atoms with E-state index in [-0.39, 0.29) is 17.7 Å². The fraction of sp³-hybridized carbons (Fsp3) is 0.533. The van der Waals surface area contributed by atoms with Gasteiger partial charge in [0, 0.05) is 17.6 Å². The topological polar surface area (TPSA) is 52.6 Å². The first-order valence-electron chi connectivity index (χ1n) is 6.84. The number of nitrogens with one attached hydrogen (secondary N) is 1. The summed E-state index contributed by atoms with van der Waals surface area (Å²) in [5.74, 6) is 0.124. The Kier molecular flexibility index (Phi) is 4.43. The predicted molar refractivity (Wildman–Crippen MR) is 75.3 cm³/mol. The summed E-state index contributed by atoms with van der Waals surface area (Å²) in [7, 11) is 4.13. The van der Waals surface area contributed by atoms with Crippen molar-refractivity contribution >= 4 is 5.91 Å². The molecule has 1 aliphatic carbocycles. The number of carbonyl (C=O) groups excluding carboxylic acids is 1. The van der Waals surface area contributed by atoms with Gasteiger partial charge in [-0.25, -0.2) is 0 Å². The van der Waals surface area contributed by atoms with Gasteiger partial charge in [-0.1, -0.05) is 12.8 Å². The zero-order chi connectivity index (χ0) is 13.8. The first-order valence-corrected chi connectivity index (χ1v) is 6.84. The number of likely N-dealkylation sites (N-methyl/N-ethyl adjacent to an activating group) is 1. The van der Waals surface area contributed by atoms with Crippen LogP contribution in [0.3, 0.4) is 0 Å². The third-order valence-corrected chi connectivity index (χ3v) is 3.84. The molecule has 1 aromatic rings. The van der Waals surface area contributed by atoms with Crippen molar-refractivity contribution in [2.75, 3.05) is 14.1 Å². The Hall–Kier alpha value is -1.55. The lowest BCUT2D eigenvalue weighted by Crippen LogP contribution is -2.51. The highest BCUT2D eigenvalue weighted by Crippen LogP contribution is 2.22. The van der Waals surface area contributed by atoms with Gasteiger partial charge in [-0.3, -0.25) is 4.79 Å². The molecule has 4 nitrogen and oxygen atoms in total. The maximum atomic E-state index is 12.2. The lowest BCUT2D eigenvalue weighted by molar-refractivity contribution is 0.0883. The Morgan fingerprint density at radius 3 is 2.47 bits per heavy atom. The number of amides is 1. The Bertz CT molecular complexity index is 428. The van der Waals surface area contributed by atoms with Gasteiger partial charge in [-0.05, 0) is 51.2 Å². The molecule has 0 aromatic heterocycles. The number of rotatable bonds is 3. The van der Waals surface area contributed by atoms with Gasteiger partial charge < -0.3 is 15.3 Å². The van der Waals surface area contributed by atoms with E-state index in [0.717, 1.165) is 12.8 Å². The molecule has 0 spiro atoms. The fourth-order valence-electron chi connectivity index (χ4n) is 2.76. The highest BCUT2D eigenvalue weighted by molar-refractivity contribution is 5.94. The van der Waals surface area contributed by atoms with Crippen LogP contribution in [0.2, 0.25) is 0 Å². The Balaban J connectivity index is 2.02. The van der Waals surface area contributed by atoms with Crippen molar-refractivity contribution in [3.05, 3.63) is 29.8 Å². The second kappa shape index (κ2) is 6.06. The molecule has 1 fully saturated rings. The van der Waals surface area contributed by atoms with Crippen molar-refractivity contribution in [3.8, 4) is 5.75 Å². The molecule has 4 heteroatoms. The standard InChI is InChI=1S/C15H22N2O2/c1-17(2)14-6-4-3-5-13(14)16-15(19)11-7-9-12(18)10-8-11/h7-10,13-14,18H,3-6H2,1-2H3,(H,16,19)/t13-,14-/m1/s1. The summed E-state index contributed by atoms with van der Waals surface area (Å²) in [5, 5.41) is 12.4. The number of nitrogens with zero attached hydrogens (tertiary/aromatic N) is 1. The molecule has 2 atom stereocenters. The average molecular weight is 262 g/mol. The Morgan fingerprint density at radius 1 is 1.21 bits per heavy atom. The smallest absolute Gasteiger partial charge is 0.251 e. The van der Waals surface area contributed by atoms with Crippen LogP contribution in [-0.2, 0) is 0 Å². The lowest BCUT2D eigenvalue weighted by atomic mass is 9.89. The maximum absolute atomic E-state index is 12.2. The van der Waals surface area contributed by atoms with Gasteiger partial charge in [-0.2, -0.15) is 0 Å². The number of hydrogen-bond acceptors (Lipinski definition) is 3. The number of benzene rings is 1. The van der Waals surface area contributed by atoms with Crippen LogP contribution in [0.1, 0.15) is 36.0 Å². The second-order valence-corrected chi connectivity index (χ2v) is 5.44. The molecule has 0 unspecified atom stereocenters. The molecule has 1 aliphatic rings. The normalized spacial score (nSPS) is 23.3. The summed E-state index contributed by atoms with van der Waals surface area (Å²) in [4.78, 5) is 14.4. The number of aromatic hydroxyl groups is 1. The highest BCUT2D eigenvalue weighted by Gasteiger charge is 2.28. The van der Waals surface area contributed by atoms with Gasteiger partial charge in [0.25, 0.3) is 5.91 Å². The van der Waals surface area contributed by atoms with E-state index >= 15 is 0 Å². The molecule has 2 N–H and O–H groups in total. The predicted octanol–water partition coefficient (Wildman–Crippen LogP) is 1.99. The molecule has 0 saturated heterocycles. The van der Waals surface area contributed by atoms with Crippen molar-refractivity contribution in [2.45, 2.75) is 37.8 Å². The minimum atomic E-state index is -0.0567. The van der Waals surface area contributed by atoms with Crippen LogP contribution >= 0.6 is 0 Å². The maximum Gasteiger partial charge on any atom is 0.251 e. The molecular formula is C15H22N2O2. The molecule has 0 heterocycles. The summed E-state index contributed by atoms with van der Waals surface area (Å²) >= 11 is 0. The van der Waals surface area contributed by atoms with E-state index in [9.17, 15) is 9.90 Å². The van der Waals surface area contributed by atoms with E-state index < -0.39 is 0 Å². The summed E-state index contributed by atoms with van der Waals surface area (Å²) < 4.78 is 0. The van der Waals surface area contributed by atoms with Crippen LogP contribution in [0.5, 0.6) is 5.75 Å². The number of phenols is 1. The monoisotopic (exact) mass is 262 g/mol. The highest BCUT2D eigenvalue weighted by atomic mass is 16.3. The van der Waals surface area contributed by atoms with Gasteiger partial charge in [0.1, 0.15) is 5.75 Å². The molecule has 1 saturated carbocycles. The number of phenolic OH excluding ortho intramolecular Hbond substituents is 1. The molecule has 0 aliphatic heterocycles. The Labute approximate surface area is 114 Å². The van der Waals surface area contributed by atoms with Crippen LogP contribution < -0.4 is 5.32 Å². The largest absolute Gasteiger partial charge is 0.508 e. The molecule has 1 amide bonds. The van der Waals surface area contributed by atoms with E-state index in [4.69, 9.17) is 0 Å². The van der Waals surface area contributed by atoms with Gasteiger partial charge in [0.15, 0.2) is 0 Å². The fourth-order valence-corrected chi connectivity index (χ4v) is 2.76. The molecule has 0 radical (unpaired) electrons. The van der Waals surface area contributed by atoms with Crippen LogP contribution in [0.15, 0.2) is 24.3 Å². The second-order valence-electron chi connectivity index (χ2n) is 5.44. The van der Waals surface area contributed by atoms with Gasteiger partial charge in [0.05, 0.1) is 0 Å². The Morgan fingerprint density at radius 2 is 1.84 bits per heavy atom. The molecule has 0 bridgehead atoms. The summed E-state index contributed by atoms with van der Waals surface area (Å²) in [5.41, 5.74) is 0.598. The van der Waals surface area contributed by atoms with E-state index in [1.54, 1.807) is 24.3 Å². The zero-order valence-corrected chi connectivity index (χ0v) is 11.6. The van der Waals surface area contributed by atoms with E-state index in [1.807, 2.05) is 0 Å². The van der Waals surface area contributed by atoms with E-state index in [2.05, 4.69) is 24.3 Å². The zero-order valence-electron chi connectivity index (χ0n) is 11.6. The molecule has 2 rings (SSSR count). The lowest BCUT2D eigenvalue weighted by Gasteiger charge is -2.36. The van der Waals surface area contributed by atoms with Gasteiger partial charge in [0.2, 0.25) is 0 Å². The van der Waals surface area contributed by atoms with E-state index in [0.29, 0.717) is 11.6 Å². The van der Waals surface area contributed by atoms with E-state index in [1.165, 1.54) is 12.8 Å². The van der Waals surface area contributed by atoms with Crippen LogP contribution in [0.4, 0.5) is 0 Å². The number of carbonyl (C=O) groups is 1. The van der Waals surface area contributed by atoms with Gasteiger partial charge in [-0.15, -0.1) is 0 Å². The minimum absolute atomic E-state index is 0.0567. The van der Waals surface area contributed by atoms with Crippen LogP contribution in [-0.4, -0.2) is 42.1 Å². The van der Waals surface area contributed by atoms with Crippen molar-refractivity contribution in [2.24, 2.45) is 0 Å². The first kappa shape index (κ1) is 13.9. The van der Waals surface area contributed by atoms with Crippen molar-refractivity contribution in [3.63, 3.8) is 0 Å². The number of hydrogen-bond donors (Lipinski definition) is 2. The molecule has 19 heavy (non-hydrogen) atoms. The van der Waals surface area contributed by atoms with Gasteiger partial charge >= 0.3 is 0 Å². The van der Waals surface area contributed by atoms with Crippen LogP contribution in [0, 0.1) is 0 Å². The average Bonchev–Trinajstić information content (AvgIpc) is 2.39. The van der Waals surface area contributed by atoms with Crippen molar-refractivity contribution in [1.29, 1.82) is 0 Å². The summed E-state index contributed by atoms with van der Waals surface area (Å²) in [6.07, 6.45) is 4.57.